The minimum Gasteiger partial charge on any atom is -0.384 e. The summed E-state index contributed by atoms with van der Waals surface area (Å²) in [5.74, 6) is 1.13. The molecular weight excluding hydrogens is 188 g/mol. The molecular formula is C11H12N4. The summed E-state index contributed by atoms with van der Waals surface area (Å²) >= 11 is 0. The molecule has 0 aliphatic rings. The maximum absolute atomic E-state index is 5.60. The fraction of sp³-hybridized carbons (Fsp3) is 0.182. The highest BCUT2D eigenvalue weighted by molar-refractivity contribution is 5.56. The average Bonchev–Trinajstić information content (AvgIpc) is 2.29. The molecule has 2 N–H and O–H groups in total. The molecule has 0 spiro atoms. The zero-order valence-corrected chi connectivity index (χ0v) is 8.51. The Morgan fingerprint density at radius 1 is 1.20 bits per heavy atom. The molecule has 76 valence electrons. The Bertz CT molecular complexity index is 468. The summed E-state index contributed by atoms with van der Waals surface area (Å²) in [5.41, 5.74) is 7.58. The second-order valence-electron chi connectivity index (χ2n) is 3.19. The molecule has 0 saturated carbocycles. The van der Waals surface area contributed by atoms with Gasteiger partial charge in [-0.25, -0.2) is 9.97 Å². The molecule has 0 bridgehead atoms. The molecule has 15 heavy (non-hydrogen) atoms. The molecule has 4 nitrogen and oxygen atoms in total. The number of rotatable bonds is 2. The molecule has 2 aromatic rings. The minimum atomic E-state index is 0.481. The molecule has 0 saturated heterocycles. The van der Waals surface area contributed by atoms with Crippen molar-refractivity contribution in [1.29, 1.82) is 0 Å². The molecule has 2 heterocycles. The lowest BCUT2D eigenvalue weighted by Gasteiger charge is -2.02. The van der Waals surface area contributed by atoms with Crippen LogP contribution in [0.15, 0.2) is 30.6 Å². The number of nitrogen functional groups attached to an aromatic ring is 1. The molecule has 0 unspecified atom stereocenters. The molecule has 0 radical (unpaired) electrons. The fourth-order valence-electron chi connectivity index (χ4n) is 1.32. The Morgan fingerprint density at radius 3 is 2.73 bits per heavy atom. The van der Waals surface area contributed by atoms with E-state index >= 15 is 0 Å². The van der Waals surface area contributed by atoms with Gasteiger partial charge in [-0.3, -0.25) is 4.98 Å². The van der Waals surface area contributed by atoms with E-state index in [9.17, 15) is 0 Å². The van der Waals surface area contributed by atoms with Gasteiger partial charge in [0.1, 0.15) is 5.82 Å². The van der Waals surface area contributed by atoms with E-state index in [0.29, 0.717) is 11.6 Å². The van der Waals surface area contributed by atoms with Gasteiger partial charge in [0.15, 0.2) is 5.82 Å². The Labute approximate surface area is 88.2 Å². The van der Waals surface area contributed by atoms with E-state index in [1.165, 1.54) is 0 Å². The third-order valence-corrected chi connectivity index (χ3v) is 2.11. The third kappa shape index (κ3) is 2.10. The van der Waals surface area contributed by atoms with Crippen LogP contribution in [0.4, 0.5) is 5.82 Å². The predicted molar refractivity (Wildman–Crippen MR) is 59.1 cm³/mol. The van der Waals surface area contributed by atoms with E-state index in [4.69, 9.17) is 5.73 Å². The summed E-state index contributed by atoms with van der Waals surface area (Å²) in [6, 6.07) is 5.54. The standard InChI is InChI=1S/C11H12N4/c1-2-9-7-8(3-5-13-9)11-14-6-4-10(12)15-11/h3-7H,2H2,1H3,(H2,12,14,15). The van der Waals surface area contributed by atoms with E-state index in [2.05, 4.69) is 21.9 Å². The molecule has 0 fully saturated rings. The summed E-state index contributed by atoms with van der Waals surface area (Å²) in [4.78, 5) is 12.5. The second kappa shape index (κ2) is 4.04. The first-order valence-corrected chi connectivity index (χ1v) is 4.83. The Morgan fingerprint density at radius 2 is 2.00 bits per heavy atom. The van der Waals surface area contributed by atoms with E-state index in [0.717, 1.165) is 17.7 Å². The van der Waals surface area contributed by atoms with E-state index in [-0.39, 0.29) is 0 Å². The van der Waals surface area contributed by atoms with Crippen molar-refractivity contribution >= 4 is 5.82 Å². The highest BCUT2D eigenvalue weighted by Crippen LogP contribution is 2.15. The maximum atomic E-state index is 5.60. The molecule has 0 atom stereocenters. The van der Waals surface area contributed by atoms with Gasteiger partial charge in [-0.2, -0.15) is 0 Å². The number of aryl methyl sites for hydroxylation is 1. The molecule has 2 aromatic heterocycles. The lowest BCUT2D eigenvalue weighted by molar-refractivity contribution is 1.03. The van der Waals surface area contributed by atoms with Crippen molar-refractivity contribution in [3.8, 4) is 11.4 Å². The van der Waals surface area contributed by atoms with Crippen molar-refractivity contribution in [3.63, 3.8) is 0 Å². The van der Waals surface area contributed by atoms with Gasteiger partial charge in [-0.1, -0.05) is 6.92 Å². The highest BCUT2D eigenvalue weighted by atomic mass is 14.9. The number of hydrogen-bond donors (Lipinski definition) is 1. The first kappa shape index (κ1) is 9.58. The molecule has 0 aromatic carbocycles. The van der Waals surface area contributed by atoms with E-state index in [1.807, 2.05) is 12.1 Å². The SMILES string of the molecule is CCc1cc(-c2nccc(N)n2)ccn1. The van der Waals surface area contributed by atoms with Gasteiger partial charge >= 0.3 is 0 Å². The van der Waals surface area contributed by atoms with Gasteiger partial charge in [0.2, 0.25) is 0 Å². The quantitative estimate of drug-likeness (QED) is 0.801. The topological polar surface area (TPSA) is 64.7 Å². The summed E-state index contributed by atoms with van der Waals surface area (Å²) in [7, 11) is 0. The van der Waals surface area contributed by atoms with Crippen molar-refractivity contribution < 1.29 is 0 Å². The van der Waals surface area contributed by atoms with Crippen molar-refractivity contribution in [2.24, 2.45) is 0 Å². The van der Waals surface area contributed by atoms with Crippen molar-refractivity contribution in [1.82, 2.24) is 15.0 Å². The van der Waals surface area contributed by atoms with Crippen LogP contribution in [0.1, 0.15) is 12.6 Å². The number of pyridine rings is 1. The van der Waals surface area contributed by atoms with Gasteiger partial charge in [0.25, 0.3) is 0 Å². The smallest absolute Gasteiger partial charge is 0.161 e. The van der Waals surface area contributed by atoms with Gasteiger partial charge in [0.05, 0.1) is 0 Å². The average molecular weight is 200 g/mol. The van der Waals surface area contributed by atoms with Crippen LogP contribution < -0.4 is 5.73 Å². The summed E-state index contributed by atoms with van der Waals surface area (Å²) in [6.07, 6.45) is 4.32. The Balaban J connectivity index is 2.44. The predicted octanol–water partition coefficient (Wildman–Crippen LogP) is 1.68. The van der Waals surface area contributed by atoms with Crippen LogP contribution in [0.3, 0.4) is 0 Å². The molecule has 0 amide bonds. The Hall–Kier alpha value is -1.97. The molecule has 0 aliphatic heterocycles. The van der Waals surface area contributed by atoms with Crippen LogP contribution >= 0.6 is 0 Å². The van der Waals surface area contributed by atoms with Crippen molar-refractivity contribution in [2.75, 3.05) is 5.73 Å². The van der Waals surface area contributed by atoms with Gasteiger partial charge in [-0.05, 0) is 24.6 Å². The van der Waals surface area contributed by atoms with Crippen LogP contribution in [0.25, 0.3) is 11.4 Å². The lowest BCUT2D eigenvalue weighted by atomic mass is 10.2. The third-order valence-electron chi connectivity index (χ3n) is 2.11. The lowest BCUT2D eigenvalue weighted by Crippen LogP contribution is -1.95. The molecule has 4 heteroatoms. The van der Waals surface area contributed by atoms with E-state index < -0.39 is 0 Å². The molecule has 2 rings (SSSR count). The van der Waals surface area contributed by atoms with Crippen LogP contribution in [0, 0.1) is 0 Å². The van der Waals surface area contributed by atoms with Crippen LogP contribution in [-0.2, 0) is 6.42 Å². The summed E-state index contributed by atoms with van der Waals surface area (Å²) in [6.45, 7) is 2.06. The molecule has 0 aliphatic carbocycles. The summed E-state index contributed by atoms with van der Waals surface area (Å²) in [5, 5.41) is 0. The monoisotopic (exact) mass is 200 g/mol. The highest BCUT2D eigenvalue weighted by Gasteiger charge is 2.02. The zero-order chi connectivity index (χ0) is 10.7. The minimum absolute atomic E-state index is 0.481. The second-order valence-corrected chi connectivity index (χ2v) is 3.19. The zero-order valence-electron chi connectivity index (χ0n) is 8.51. The fourth-order valence-corrected chi connectivity index (χ4v) is 1.32. The van der Waals surface area contributed by atoms with Crippen molar-refractivity contribution in [3.05, 3.63) is 36.3 Å². The maximum Gasteiger partial charge on any atom is 0.161 e. The first-order chi connectivity index (χ1) is 7.29. The number of anilines is 1. The van der Waals surface area contributed by atoms with Crippen LogP contribution in [-0.4, -0.2) is 15.0 Å². The number of nitrogens with two attached hydrogens (primary N) is 1. The van der Waals surface area contributed by atoms with Crippen LogP contribution in [0.5, 0.6) is 0 Å². The Kier molecular flexibility index (Phi) is 2.58. The van der Waals surface area contributed by atoms with Gasteiger partial charge in [0, 0.05) is 23.7 Å². The normalized spacial score (nSPS) is 10.2. The number of hydrogen-bond acceptors (Lipinski definition) is 4. The first-order valence-electron chi connectivity index (χ1n) is 4.83. The number of nitrogens with zero attached hydrogens (tertiary/aromatic N) is 3. The van der Waals surface area contributed by atoms with Crippen LogP contribution in [0.2, 0.25) is 0 Å². The van der Waals surface area contributed by atoms with Gasteiger partial charge in [-0.15, -0.1) is 0 Å². The van der Waals surface area contributed by atoms with Crippen molar-refractivity contribution in [2.45, 2.75) is 13.3 Å². The van der Waals surface area contributed by atoms with E-state index in [1.54, 1.807) is 18.5 Å². The van der Waals surface area contributed by atoms with Gasteiger partial charge < -0.3 is 5.73 Å². The summed E-state index contributed by atoms with van der Waals surface area (Å²) < 4.78 is 0. The number of aromatic nitrogens is 3. The largest absolute Gasteiger partial charge is 0.384 e.